The molecule has 4 nitrogen and oxygen atoms in total. The van der Waals surface area contributed by atoms with Gasteiger partial charge in [0.1, 0.15) is 10.1 Å². The van der Waals surface area contributed by atoms with E-state index in [4.69, 9.17) is 0 Å². The van der Waals surface area contributed by atoms with E-state index in [0.717, 1.165) is 6.08 Å². The zero-order chi connectivity index (χ0) is 8.20. The molecule has 0 aliphatic heterocycles. The van der Waals surface area contributed by atoms with Crippen LogP contribution in [0.2, 0.25) is 0 Å². The van der Waals surface area contributed by atoms with Crippen LogP contribution in [0.3, 0.4) is 0 Å². The maximum Gasteiger partial charge on any atom is 1.00 e. The average molecular weight is 204 g/mol. The van der Waals surface area contributed by atoms with Crippen LogP contribution in [-0.4, -0.2) is 23.2 Å². The Kier molecular flexibility index (Phi) is 8.03. The molecule has 0 unspecified atom stereocenters. The number of carbonyl (C=O) groups is 1. The normalized spacial score (nSPS) is 9.91. The third-order valence-electron chi connectivity index (χ3n) is 0.512. The maximum atomic E-state index is 10.3. The van der Waals surface area contributed by atoms with Gasteiger partial charge in [0.2, 0.25) is 5.12 Å². The molecule has 0 radical (unpaired) electrons. The summed E-state index contributed by atoms with van der Waals surface area (Å²) in [4.78, 5) is 10.3. The first-order valence-electron chi connectivity index (χ1n) is 2.18. The molecule has 7 heteroatoms. The van der Waals surface area contributed by atoms with Crippen molar-refractivity contribution in [1.29, 1.82) is 0 Å². The molecule has 0 saturated carbocycles. The minimum Gasteiger partial charge on any atom is -0.747 e. The van der Waals surface area contributed by atoms with Crippen molar-refractivity contribution in [3.8, 4) is 0 Å². The number of carbonyl (C=O) groups excluding carboxylic acids is 1. The number of rotatable bonds is 3. The van der Waals surface area contributed by atoms with E-state index in [1.165, 1.54) is 0 Å². The molecule has 0 bridgehead atoms. The van der Waals surface area contributed by atoms with Crippen molar-refractivity contribution in [3.05, 3.63) is 12.7 Å². The van der Waals surface area contributed by atoms with E-state index < -0.39 is 20.3 Å². The van der Waals surface area contributed by atoms with Crippen LogP contribution in [0.5, 0.6) is 0 Å². The summed E-state index contributed by atoms with van der Waals surface area (Å²) in [5, 5.41) is -1.24. The molecule has 0 atom stereocenters. The Morgan fingerprint density at radius 3 is 2.36 bits per heavy atom. The summed E-state index contributed by atoms with van der Waals surface area (Å²) in [6, 6.07) is 0. The Morgan fingerprint density at radius 2 is 2.09 bits per heavy atom. The van der Waals surface area contributed by atoms with Crippen molar-refractivity contribution in [1.82, 2.24) is 0 Å². The molecule has 0 aromatic carbocycles. The molecule has 0 heterocycles. The molecule has 0 aliphatic rings. The zero-order valence-electron chi connectivity index (χ0n) is 5.94. The van der Waals surface area contributed by atoms with E-state index >= 15 is 0 Å². The second kappa shape index (κ2) is 6.22. The Labute approximate surface area is 91.5 Å². The Balaban J connectivity index is 0. The summed E-state index contributed by atoms with van der Waals surface area (Å²) in [6.07, 6.45) is 0.954. The zero-order valence-corrected chi connectivity index (χ0v) is 9.57. The first-order valence-corrected chi connectivity index (χ1v) is 4.75. The largest absolute Gasteiger partial charge is 1.00 e. The van der Waals surface area contributed by atoms with Gasteiger partial charge in [0.25, 0.3) is 0 Å². The van der Waals surface area contributed by atoms with Crippen LogP contribution in [0, 0.1) is 0 Å². The Morgan fingerprint density at radius 1 is 1.64 bits per heavy atom. The molecule has 0 aromatic rings. The molecule has 11 heavy (non-hydrogen) atoms. The molecule has 0 saturated heterocycles. The van der Waals surface area contributed by atoms with Gasteiger partial charge >= 0.3 is 29.6 Å². The fraction of sp³-hybridized carbons (Fsp3) is 0.250. The van der Waals surface area contributed by atoms with Crippen LogP contribution in [0.4, 0.5) is 0 Å². The summed E-state index contributed by atoms with van der Waals surface area (Å²) in [6.45, 7) is 3.09. The second-order valence-electron chi connectivity index (χ2n) is 1.34. The van der Waals surface area contributed by atoms with Gasteiger partial charge in [0, 0.05) is 0 Å². The van der Waals surface area contributed by atoms with E-state index in [-0.39, 0.29) is 29.6 Å². The average Bonchev–Trinajstić information content (AvgIpc) is 1.81. The minimum absolute atomic E-state index is 0. The predicted octanol–water partition coefficient (Wildman–Crippen LogP) is -3.06. The van der Waals surface area contributed by atoms with Gasteiger partial charge in [0.15, 0.2) is 0 Å². The van der Waals surface area contributed by atoms with Gasteiger partial charge in [-0.05, 0) is 6.08 Å². The summed E-state index contributed by atoms with van der Waals surface area (Å²) in [7, 11) is -4.28. The van der Waals surface area contributed by atoms with Crippen LogP contribution in [0.15, 0.2) is 12.7 Å². The van der Waals surface area contributed by atoms with Crippen LogP contribution in [0.25, 0.3) is 0 Å². The summed E-state index contributed by atoms with van der Waals surface area (Å²) < 4.78 is 29.7. The van der Waals surface area contributed by atoms with E-state index in [0.29, 0.717) is 11.8 Å². The molecule has 58 valence electrons. The predicted molar refractivity (Wildman–Crippen MR) is 37.4 cm³/mol. The van der Waals surface area contributed by atoms with Crippen molar-refractivity contribution in [2.75, 3.05) is 5.08 Å². The third kappa shape index (κ3) is 10.7. The van der Waals surface area contributed by atoms with Crippen molar-refractivity contribution in [3.63, 3.8) is 0 Å². The Bertz CT molecular complexity index is 232. The molecule has 0 amide bonds. The smallest absolute Gasteiger partial charge is 0.747 e. The molecule has 0 aromatic heterocycles. The van der Waals surface area contributed by atoms with E-state index in [9.17, 15) is 17.8 Å². The van der Waals surface area contributed by atoms with Crippen molar-refractivity contribution in [2.45, 2.75) is 0 Å². The standard InChI is InChI=1S/C4H6O4S2.Na/c1-2-4(5)9-3-10(6,7)8;/h2H,1,3H2,(H,6,7,8);/q;+1/p-1. The summed E-state index contributed by atoms with van der Waals surface area (Å²) >= 11 is 0.426. The van der Waals surface area contributed by atoms with Crippen molar-refractivity contribution >= 4 is 27.0 Å². The molecular formula is C4H5NaO4S2. The number of thioether (sulfide) groups is 1. The monoisotopic (exact) mass is 204 g/mol. The fourth-order valence-electron chi connectivity index (χ4n) is 0.189. The SMILES string of the molecule is C=CC(=O)SCS(=O)(=O)[O-].[Na+]. The number of hydrogen-bond donors (Lipinski definition) is 0. The van der Waals surface area contributed by atoms with Gasteiger partial charge in [-0.25, -0.2) is 8.42 Å². The molecule has 0 aliphatic carbocycles. The molecule has 0 spiro atoms. The van der Waals surface area contributed by atoms with Crippen LogP contribution < -0.4 is 29.6 Å². The van der Waals surface area contributed by atoms with Crippen LogP contribution in [0.1, 0.15) is 0 Å². The first kappa shape index (κ1) is 14.2. The minimum atomic E-state index is -4.28. The fourth-order valence-corrected chi connectivity index (χ4v) is 1.35. The van der Waals surface area contributed by atoms with E-state index in [1.54, 1.807) is 0 Å². The van der Waals surface area contributed by atoms with Crippen molar-refractivity contribution < 1.29 is 47.3 Å². The first-order chi connectivity index (χ1) is 4.45. The van der Waals surface area contributed by atoms with Gasteiger partial charge in [-0.1, -0.05) is 18.3 Å². The van der Waals surface area contributed by atoms with E-state index in [2.05, 4.69) is 6.58 Å². The number of hydrogen-bond acceptors (Lipinski definition) is 5. The third-order valence-corrected chi connectivity index (χ3v) is 2.59. The molecule has 0 fully saturated rings. The molecule has 0 N–H and O–H groups in total. The molecule has 0 rings (SSSR count). The van der Waals surface area contributed by atoms with Gasteiger partial charge < -0.3 is 4.55 Å². The summed E-state index contributed by atoms with van der Waals surface area (Å²) in [5.41, 5.74) is 0. The maximum absolute atomic E-state index is 10.3. The van der Waals surface area contributed by atoms with Gasteiger partial charge in [-0.15, -0.1) is 0 Å². The molecular weight excluding hydrogens is 199 g/mol. The van der Waals surface area contributed by atoms with Gasteiger partial charge in [-0.3, -0.25) is 4.79 Å². The van der Waals surface area contributed by atoms with Gasteiger partial charge in [0.05, 0.1) is 5.08 Å². The van der Waals surface area contributed by atoms with Crippen LogP contribution >= 0.6 is 11.8 Å². The van der Waals surface area contributed by atoms with Gasteiger partial charge in [-0.2, -0.15) is 0 Å². The topological polar surface area (TPSA) is 74.3 Å². The second-order valence-corrected chi connectivity index (χ2v) is 4.09. The van der Waals surface area contributed by atoms with Crippen molar-refractivity contribution in [2.24, 2.45) is 0 Å². The Hall–Kier alpha value is 0.670. The van der Waals surface area contributed by atoms with E-state index in [1.807, 2.05) is 0 Å². The van der Waals surface area contributed by atoms with Crippen LogP contribution in [-0.2, 0) is 14.9 Å². The quantitative estimate of drug-likeness (QED) is 0.277. The summed E-state index contributed by atoms with van der Waals surface area (Å²) in [5.74, 6) is 0.